The van der Waals surface area contributed by atoms with Crippen LogP contribution in [0, 0.1) is 5.92 Å². The fourth-order valence-electron chi connectivity index (χ4n) is 1.70. The highest BCUT2D eigenvalue weighted by molar-refractivity contribution is 4.84. The van der Waals surface area contributed by atoms with Gasteiger partial charge in [0.15, 0.2) is 0 Å². The van der Waals surface area contributed by atoms with Crippen molar-refractivity contribution >= 4 is 0 Å². The van der Waals surface area contributed by atoms with Crippen LogP contribution < -0.4 is 0 Å². The lowest BCUT2D eigenvalue weighted by atomic mass is 10.0. The maximum absolute atomic E-state index is 3.91. The fraction of sp³-hybridized carbons (Fsp3) is 0.833. The Morgan fingerprint density at radius 3 is 1.85 bits per heavy atom. The molecule has 0 rings (SSSR count). The molecule has 0 aromatic rings. The molecule has 0 aliphatic heterocycles. The van der Waals surface area contributed by atoms with Crippen LogP contribution in [0.15, 0.2) is 12.8 Å². The van der Waals surface area contributed by atoms with E-state index in [1.807, 2.05) is 6.20 Å². The summed E-state index contributed by atoms with van der Waals surface area (Å²) in [6.07, 6.45) is 4.42. The summed E-state index contributed by atoms with van der Waals surface area (Å²) < 4.78 is 0. The van der Waals surface area contributed by atoms with Gasteiger partial charge in [0.1, 0.15) is 0 Å². The second-order valence-electron chi connectivity index (χ2n) is 4.08. The Balaban J connectivity index is 4.37. The third kappa shape index (κ3) is 3.41. The summed E-state index contributed by atoms with van der Waals surface area (Å²) in [7, 11) is 0. The minimum Gasteiger partial charge on any atom is -0.372 e. The van der Waals surface area contributed by atoms with Gasteiger partial charge in [-0.25, -0.2) is 0 Å². The van der Waals surface area contributed by atoms with Gasteiger partial charge in [0, 0.05) is 12.1 Å². The van der Waals surface area contributed by atoms with Gasteiger partial charge in [-0.3, -0.25) is 0 Å². The van der Waals surface area contributed by atoms with Crippen LogP contribution in [-0.4, -0.2) is 17.0 Å². The third-order valence-electron chi connectivity index (χ3n) is 3.01. The Morgan fingerprint density at radius 1 is 1.15 bits per heavy atom. The molecule has 0 aromatic carbocycles. The van der Waals surface area contributed by atoms with E-state index in [1.165, 1.54) is 12.8 Å². The van der Waals surface area contributed by atoms with Crippen molar-refractivity contribution < 1.29 is 0 Å². The molecule has 13 heavy (non-hydrogen) atoms. The molecule has 0 radical (unpaired) electrons. The fourth-order valence-corrected chi connectivity index (χ4v) is 1.70. The Labute approximate surface area is 83.8 Å². The van der Waals surface area contributed by atoms with Crippen LogP contribution in [0.25, 0.3) is 0 Å². The Hall–Kier alpha value is -0.460. The van der Waals surface area contributed by atoms with E-state index >= 15 is 0 Å². The molecule has 0 aromatic heterocycles. The third-order valence-corrected chi connectivity index (χ3v) is 3.01. The summed E-state index contributed by atoms with van der Waals surface area (Å²) in [6, 6.07) is 1.26. The molecule has 0 aliphatic rings. The predicted octanol–water partition coefficient (Wildman–Crippen LogP) is 3.67. The SMILES string of the molecule is C=CN(C(CC)CC)[C@@H](C)C(C)C. The zero-order valence-electron chi connectivity index (χ0n) is 9.88. The summed E-state index contributed by atoms with van der Waals surface area (Å²) in [4.78, 5) is 2.41. The second-order valence-corrected chi connectivity index (χ2v) is 4.08. The van der Waals surface area contributed by atoms with Crippen LogP contribution in [-0.2, 0) is 0 Å². The highest BCUT2D eigenvalue weighted by atomic mass is 15.2. The first-order valence-corrected chi connectivity index (χ1v) is 5.48. The van der Waals surface area contributed by atoms with Crippen LogP contribution >= 0.6 is 0 Å². The minimum absolute atomic E-state index is 0.599. The first kappa shape index (κ1) is 12.5. The van der Waals surface area contributed by atoms with Crippen molar-refractivity contribution in [3.63, 3.8) is 0 Å². The van der Waals surface area contributed by atoms with Gasteiger partial charge in [-0.1, -0.05) is 34.3 Å². The lowest BCUT2D eigenvalue weighted by molar-refractivity contribution is 0.168. The van der Waals surface area contributed by atoms with Crippen LogP contribution in [0.1, 0.15) is 47.5 Å². The van der Waals surface area contributed by atoms with E-state index in [2.05, 4.69) is 46.1 Å². The molecule has 0 saturated carbocycles. The smallest absolute Gasteiger partial charge is 0.0282 e. The molecule has 78 valence electrons. The van der Waals surface area contributed by atoms with Gasteiger partial charge in [-0.05, 0) is 31.9 Å². The highest BCUT2D eigenvalue weighted by Gasteiger charge is 2.19. The molecular formula is C12H25N. The molecule has 0 N–H and O–H groups in total. The quantitative estimate of drug-likeness (QED) is 0.607. The zero-order valence-corrected chi connectivity index (χ0v) is 9.88. The van der Waals surface area contributed by atoms with Crippen LogP contribution in [0.4, 0.5) is 0 Å². The van der Waals surface area contributed by atoms with Crippen molar-refractivity contribution in [3.05, 3.63) is 12.8 Å². The Bertz CT molecular complexity index is 134. The van der Waals surface area contributed by atoms with E-state index in [9.17, 15) is 0 Å². The normalized spacial score (nSPS) is 13.5. The van der Waals surface area contributed by atoms with Gasteiger partial charge in [0.2, 0.25) is 0 Å². The first-order valence-electron chi connectivity index (χ1n) is 5.48. The number of nitrogens with zero attached hydrogens (tertiary/aromatic N) is 1. The minimum atomic E-state index is 0.599. The van der Waals surface area contributed by atoms with Crippen molar-refractivity contribution in [1.29, 1.82) is 0 Å². The van der Waals surface area contributed by atoms with Gasteiger partial charge in [-0.15, -0.1) is 0 Å². The molecule has 1 nitrogen and oxygen atoms in total. The average Bonchev–Trinajstić information content (AvgIpc) is 2.12. The van der Waals surface area contributed by atoms with Gasteiger partial charge in [-0.2, -0.15) is 0 Å². The molecule has 0 fully saturated rings. The Morgan fingerprint density at radius 2 is 1.62 bits per heavy atom. The van der Waals surface area contributed by atoms with Gasteiger partial charge in [0.25, 0.3) is 0 Å². The lowest BCUT2D eigenvalue weighted by Crippen LogP contribution is -2.39. The van der Waals surface area contributed by atoms with Gasteiger partial charge in [0.05, 0.1) is 0 Å². The van der Waals surface area contributed by atoms with E-state index in [0.29, 0.717) is 18.0 Å². The number of rotatable bonds is 6. The molecule has 0 aliphatic carbocycles. The highest BCUT2D eigenvalue weighted by Crippen LogP contribution is 2.17. The maximum Gasteiger partial charge on any atom is 0.0282 e. The largest absolute Gasteiger partial charge is 0.372 e. The molecule has 1 heteroatoms. The molecule has 0 spiro atoms. The zero-order chi connectivity index (χ0) is 10.4. The monoisotopic (exact) mass is 183 g/mol. The summed E-state index contributed by atoms with van der Waals surface area (Å²) in [5, 5.41) is 0. The van der Waals surface area contributed by atoms with Crippen molar-refractivity contribution in [3.8, 4) is 0 Å². The second kappa shape index (κ2) is 6.06. The van der Waals surface area contributed by atoms with Crippen molar-refractivity contribution in [2.45, 2.75) is 59.5 Å². The number of hydrogen-bond donors (Lipinski definition) is 0. The molecule has 0 amide bonds. The summed E-state index contributed by atoms with van der Waals surface area (Å²) in [6.45, 7) is 15.2. The van der Waals surface area contributed by atoms with Crippen molar-refractivity contribution in [2.75, 3.05) is 0 Å². The van der Waals surface area contributed by atoms with Crippen molar-refractivity contribution in [2.24, 2.45) is 5.92 Å². The lowest BCUT2D eigenvalue weighted by Gasteiger charge is -2.36. The molecule has 0 saturated heterocycles. The molecule has 1 atom stereocenters. The van der Waals surface area contributed by atoms with Gasteiger partial charge < -0.3 is 4.90 Å². The summed E-state index contributed by atoms with van der Waals surface area (Å²) in [5.74, 6) is 0.693. The summed E-state index contributed by atoms with van der Waals surface area (Å²) in [5.41, 5.74) is 0. The van der Waals surface area contributed by atoms with E-state index in [1.54, 1.807) is 0 Å². The summed E-state index contributed by atoms with van der Waals surface area (Å²) >= 11 is 0. The van der Waals surface area contributed by atoms with E-state index in [0.717, 1.165) is 0 Å². The maximum atomic E-state index is 3.91. The topological polar surface area (TPSA) is 3.24 Å². The first-order chi connectivity index (χ1) is 6.08. The van der Waals surface area contributed by atoms with Crippen LogP contribution in [0.5, 0.6) is 0 Å². The van der Waals surface area contributed by atoms with E-state index < -0.39 is 0 Å². The van der Waals surface area contributed by atoms with Gasteiger partial charge >= 0.3 is 0 Å². The number of hydrogen-bond acceptors (Lipinski definition) is 1. The standard InChI is InChI=1S/C12H25N/c1-7-12(8-2)13(9-3)11(6)10(4)5/h9-12H,3,7-8H2,1-2,4-6H3/t11-/m0/s1. The van der Waals surface area contributed by atoms with Crippen LogP contribution in [0.2, 0.25) is 0 Å². The van der Waals surface area contributed by atoms with E-state index in [4.69, 9.17) is 0 Å². The van der Waals surface area contributed by atoms with Crippen molar-refractivity contribution in [1.82, 2.24) is 4.90 Å². The molecule has 0 unspecified atom stereocenters. The Kier molecular flexibility index (Phi) is 5.85. The van der Waals surface area contributed by atoms with Crippen LogP contribution in [0.3, 0.4) is 0 Å². The molecule has 0 heterocycles. The average molecular weight is 183 g/mol. The molecular weight excluding hydrogens is 158 g/mol. The predicted molar refractivity (Wildman–Crippen MR) is 60.7 cm³/mol. The molecule has 0 bridgehead atoms. The van der Waals surface area contributed by atoms with E-state index in [-0.39, 0.29) is 0 Å².